The molecule has 33 heavy (non-hydrogen) atoms. The van der Waals surface area contributed by atoms with Gasteiger partial charge >= 0.3 is 0 Å². The quantitative estimate of drug-likeness (QED) is 0.346. The molecule has 1 nitrogen and oxygen atoms in total. The van der Waals surface area contributed by atoms with Crippen molar-refractivity contribution in [3.8, 4) is 5.69 Å². The Morgan fingerprint density at radius 2 is 1.52 bits per heavy atom. The zero-order valence-electron chi connectivity index (χ0n) is 21.7. The Bertz CT molecular complexity index is 1150. The summed E-state index contributed by atoms with van der Waals surface area (Å²) in [7, 11) is 0. The molecule has 0 bridgehead atoms. The Hall–Kier alpha value is -3.32. The summed E-state index contributed by atoms with van der Waals surface area (Å²) in [5.41, 5.74) is 7.24. The van der Waals surface area contributed by atoms with Gasteiger partial charge in [0.05, 0.1) is 5.35 Å². The van der Waals surface area contributed by atoms with Crippen LogP contribution in [0, 0.1) is 13.8 Å². The number of hydrogen-bond acceptors (Lipinski definition) is 0. The fourth-order valence-corrected chi connectivity index (χ4v) is 3.64. The van der Waals surface area contributed by atoms with Crippen LogP contribution < -0.4 is 10.6 Å². The summed E-state index contributed by atoms with van der Waals surface area (Å²) in [6, 6.07) is 19.1. The molecule has 1 heteroatoms. The van der Waals surface area contributed by atoms with Crippen molar-refractivity contribution >= 4 is 18.2 Å². The average Bonchev–Trinajstić information content (AvgIpc) is 3.11. The van der Waals surface area contributed by atoms with Crippen LogP contribution in [0.15, 0.2) is 85.5 Å². The van der Waals surface area contributed by atoms with Crippen molar-refractivity contribution in [2.75, 3.05) is 0 Å². The molecule has 3 rings (SSSR count). The van der Waals surface area contributed by atoms with E-state index >= 15 is 0 Å². The Morgan fingerprint density at radius 3 is 2.06 bits per heavy atom. The van der Waals surface area contributed by atoms with E-state index in [1.54, 1.807) is 0 Å². The van der Waals surface area contributed by atoms with Crippen LogP contribution in [0.25, 0.3) is 23.9 Å². The van der Waals surface area contributed by atoms with Gasteiger partial charge < -0.3 is 4.57 Å². The first-order valence-electron chi connectivity index (χ1n) is 12.0. The standard InChI is InChI=1S/C28H29N.2C2H6/c1-6-8-14-28-22(4)27(23(5)29(28)26-12-10-9-11-13-26)20-19-24(7-2)25-17-15-21(3)16-18-25;2*1-2/h6-19H,2,4,20H2,1,3,5H3;2*1-2H3/b8-6-,24-19+,28-14+;;. The van der Waals surface area contributed by atoms with E-state index in [1.807, 2.05) is 52.8 Å². The van der Waals surface area contributed by atoms with Gasteiger partial charge in [-0.05, 0) is 67.3 Å². The molecule has 0 fully saturated rings. The van der Waals surface area contributed by atoms with Gasteiger partial charge in [-0.1, -0.05) is 113 Å². The normalized spacial score (nSPS) is 11.5. The number of nitrogens with zero attached hydrogens (tertiary/aromatic N) is 1. The predicted molar refractivity (Wildman–Crippen MR) is 150 cm³/mol. The number of allylic oxidation sites excluding steroid dienone is 5. The van der Waals surface area contributed by atoms with Gasteiger partial charge in [-0.3, -0.25) is 0 Å². The smallest absolute Gasteiger partial charge is 0.0528 e. The fraction of sp³-hybridized carbons (Fsp3) is 0.250. The van der Waals surface area contributed by atoms with E-state index in [0.717, 1.165) is 28.2 Å². The number of aryl methyl sites for hydroxylation is 1. The molecule has 1 heterocycles. The van der Waals surface area contributed by atoms with E-state index in [-0.39, 0.29) is 0 Å². The lowest BCUT2D eigenvalue weighted by molar-refractivity contribution is 0.966. The SMILES string of the molecule is C=C/C(=C\Cc1c(C)n(-c2ccccc2)/c(=C/C=C\C)c1=C)c1ccc(C)cc1.CC.CC. The Morgan fingerprint density at radius 1 is 0.909 bits per heavy atom. The first kappa shape index (κ1) is 27.7. The van der Waals surface area contributed by atoms with E-state index in [9.17, 15) is 0 Å². The van der Waals surface area contributed by atoms with Crippen LogP contribution in [0.1, 0.15) is 57.0 Å². The fourth-order valence-electron chi connectivity index (χ4n) is 3.64. The molecule has 0 saturated heterocycles. The maximum absolute atomic E-state index is 4.43. The van der Waals surface area contributed by atoms with Crippen LogP contribution in [0.4, 0.5) is 0 Å². The number of hydrogen-bond donors (Lipinski definition) is 0. The van der Waals surface area contributed by atoms with E-state index in [4.69, 9.17) is 0 Å². The molecule has 0 radical (unpaired) electrons. The van der Waals surface area contributed by atoms with Crippen molar-refractivity contribution in [2.45, 2.75) is 54.9 Å². The second-order valence-electron chi connectivity index (χ2n) is 7.22. The maximum atomic E-state index is 4.43. The largest absolute Gasteiger partial charge is 0.314 e. The molecule has 0 N–H and O–H groups in total. The van der Waals surface area contributed by atoms with Crippen molar-refractivity contribution in [3.63, 3.8) is 0 Å². The summed E-state index contributed by atoms with van der Waals surface area (Å²) in [4.78, 5) is 0. The highest BCUT2D eigenvalue weighted by Crippen LogP contribution is 2.18. The Labute approximate surface area is 201 Å². The van der Waals surface area contributed by atoms with Gasteiger partial charge in [0.1, 0.15) is 0 Å². The summed E-state index contributed by atoms with van der Waals surface area (Å²) in [6.07, 6.45) is 11.3. The first-order chi connectivity index (χ1) is 16.1. The molecule has 3 aromatic rings. The van der Waals surface area contributed by atoms with Crippen molar-refractivity contribution in [3.05, 3.63) is 118 Å². The minimum Gasteiger partial charge on any atom is -0.314 e. The number of benzene rings is 2. The van der Waals surface area contributed by atoms with Gasteiger partial charge in [0.2, 0.25) is 0 Å². The van der Waals surface area contributed by atoms with Gasteiger partial charge in [-0.25, -0.2) is 0 Å². The molecule has 0 aliphatic heterocycles. The number of aromatic nitrogens is 1. The zero-order chi connectivity index (χ0) is 24.8. The average molecular weight is 440 g/mol. The predicted octanol–water partition coefficient (Wildman–Crippen LogP) is 7.73. The lowest BCUT2D eigenvalue weighted by Crippen LogP contribution is -2.28. The molecule has 2 aromatic carbocycles. The Balaban J connectivity index is 0.00000129. The van der Waals surface area contributed by atoms with Crippen molar-refractivity contribution in [1.29, 1.82) is 0 Å². The van der Waals surface area contributed by atoms with Gasteiger partial charge in [-0.15, -0.1) is 0 Å². The van der Waals surface area contributed by atoms with Crippen molar-refractivity contribution < 1.29 is 0 Å². The van der Waals surface area contributed by atoms with Gasteiger partial charge in [0.15, 0.2) is 0 Å². The van der Waals surface area contributed by atoms with E-state index in [0.29, 0.717) is 0 Å². The second-order valence-corrected chi connectivity index (χ2v) is 7.22. The third-order valence-electron chi connectivity index (χ3n) is 5.28. The topological polar surface area (TPSA) is 4.93 Å². The highest BCUT2D eigenvalue weighted by Gasteiger charge is 2.11. The molecule has 0 saturated carbocycles. The minimum absolute atomic E-state index is 0.816. The van der Waals surface area contributed by atoms with Gasteiger partial charge in [0, 0.05) is 11.4 Å². The summed E-state index contributed by atoms with van der Waals surface area (Å²) < 4.78 is 2.30. The summed E-state index contributed by atoms with van der Waals surface area (Å²) in [5, 5.41) is 2.21. The van der Waals surface area contributed by atoms with Gasteiger partial charge in [-0.2, -0.15) is 0 Å². The minimum atomic E-state index is 0.816. The third-order valence-corrected chi connectivity index (χ3v) is 5.28. The van der Waals surface area contributed by atoms with Gasteiger partial charge in [0.25, 0.3) is 0 Å². The van der Waals surface area contributed by atoms with E-state index in [2.05, 4.69) is 98.3 Å². The molecule has 0 unspecified atom stereocenters. The molecule has 1 aromatic heterocycles. The monoisotopic (exact) mass is 439 g/mol. The summed E-state index contributed by atoms with van der Waals surface area (Å²) in [6.45, 7) is 22.8. The zero-order valence-corrected chi connectivity index (χ0v) is 21.7. The molecule has 0 aliphatic carbocycles. The molecule has 0 atom stereocenters. The first-order valence-corrected chi connectivity index (χ1v) is 12.0. The number of rotatable bonds is 6. The van der Waals surface area contributed by atoms with Crippen LogP contribution in [-0.4, -0.2) is 4.57 Å². The lowest BCUT2D eigenvalue weighted by atomic mass is 10.0. The molecular formula is C32H41N. The van der Waals surface area contributed by atoms with Crippen LogP contribution >= 0.6 is 0 Å². The number of para-hydroxylation sites is 1. The van der Waals surface area contributed by atoms with Crippen LogP contribution in [0.2, 0.25) is 0 Å². The second kappa shape index (κ2) is 14.7. The van der Waals surface area contributed by atoms with Crippen LogP contribution in [-0.2, 0) is 6.42 Å². The highest BCUT2D eigenvalue weighted by molar-refractivity contribution is 5.73. The van der Waals surface area contributed by atoms with Crippen LogP contribution in [0.3, 0.4) is 0 Å². The maximum Gasteiger partial charge on any atom is 0.0528 e. The summed E-state index contributed by atoms with van der Waals surface area (Å²) in [5.74, 6) is 0. The van der Waals surface area contributed by atoms with Crippen LogP contribution in [0.5, 0.6) is 0 Å². The third kappa shape index (κ3) is 7.08. The van der Waals surface area contributed by atoms with Crippen molar-refractivity contribution in [2.24, 2.45) is 0 Å². The lowest BCUT2D eigenvalue weighted by Gasteiger charge is -2.08. The van der Waals surface area contributed by atoms with E-state index in [1.165, 1.54) is 22.4 Å². The van der Waals surface area contributed by atoms with Crippen molar-refractivity contribution in [1.82, 2.24) is 4.57 Å². The van der Waals surface area contributed by atoms with E-state index < -0.39 is 0 Å². The molecule has 0 amide bonds. The summed E-state index contributed by atoms with van der Waals surface area (Å²) >= 11 is 0. The highest BCUT2D eigenvalue weighted by atomic mass is 15.0. The molecule has 0 aliphatic rings. The Kier molecular flexibility index (Phi) is 12.3. The molecular weight excluding hydrogens is 398 g/mol. The molecule has 0 spiro atoms. The molecule has 174 valence electrons.